The number of benzene rings is 3. The topological polar surface area (TPSA) is 204 Å². The Morgan fingerprint density at radius 3 is 1.19 bits per heavy atom. The zero-order chi connectivity index (χ0) is 50.5. The maximum atomic E-state index is 12.2. The minimum absolute atomic E-state index is 0.00364. The predicted octanol–water partition coefficient (Wildman–Crippen LogP) is 12.3. The van der Waals surface area contributed by atoms with Gasteiger partial charge in [0.15, 0.2) is 0 Å². The average Bonchev–Trinajstić information content (AvgIpc) is 4.02. The van der Waals surface area contributed by atoms with Crippen LogP contribution in [0, 0.1) is 0 Å². The van der Waals surface area contributed by atoms with Crippen LogP contribution in [0.1, 0.15) is 88.3 Å². The van der Waals surface area contributed by atoms with Crippen LogP contribution in [0.3, 0.4) is 0 Å². The summed E-state index contributed by atoms with van der Waals surface area (Å²) in [5, 5.41) is 27.3. The van der Waals surface area contributed by atoms with Crippen LogP contribution in [0.25, 0.3) is 0 Å². The maximum absolute atomic E-state index is 12.2. The third kappa shape index (κ3) is 19.1. The first-order valence-electron chi connectivity index (χ1n) is 18.7. The average molecular weight is 1030 g/mol. The summed E-state index contributed by atoms with van der Waals surface area (Å²) < 4.78 is 161. The normalized spacial score (nSPS) is 11.8. The van der Waals surface area contributed by atoms with Gasteiger partial charge in [0.1, 0.15) is 0 Å². The summed E-state index contributed by atoms with van der Waals surface area (Å²) in [7, 11) is 0. The quantitative estimate of drug-likeness (QED) is 0.0727. The molecule has 0 radical (unpaired) electrons. The minimum Gasteiger partial charge on any atom is -0.408 e. The molecule has 3 amide bonds. The highest BCUT2D eigenvalue weighted by Gasteiger charge is 2.38. The molecule has 3 aromatic carbocycles. The molecule has 6 aromatic rings. The largest absolute Gasteiger partial charge is 0.470 e. The fourth-order valence-electron chi connectivity index (χ4n) is 4.57. The molecule has 0 aliphatic carbocycles. The fourth-order valence-corrected chi connectivity index (χ4v) is 6.19. The van der Waals surface area contributed by atoms with Crippen LogP contribution in [0.5, 0.6) is 0 Å². The van der Waals surface area contributed by atoms with E-state index in [-0.39, 0.29) is 84.6 Å². The van der Waals surface area contributed by atoms with E-state index in [1.54, 1.807) is 0 Å². The van der Waals surface area contributed by atoms with Gasteiger partial charge in [-0.15, -0.1) is 15.3 Å². The second-order valence-electron chi connectivity index (χ2n) is 13.2. The third-order valence-corrected chi connectivity index (χ3v) is 9.74. The van der Waals surface area contributed by atoms with Crippen molar-refractivity contribution in [2.24, 2.45) is 0 Å². The van der Waals surface area contributed by atoms with Crippen molar-refractivity contribution in [1.29, 1.82) is 0 Å². The van der Waals surface area contributed by atoms with Crippen LogP contribution >= 0.6 is 35.3 Å². The van der Waals surface area contributed by atoms with Gasteiger partial charge in [0.25, 0.3) is 17.7 Å². The molecule has 0 aliphatic rings. The lowest BCUT2D eigenvalue weighted by molar-refractivity contribution is -0.156. The lowest BCUT2D eigenvalue weighted by Gasteiger charge is -2.06. The molecule has 366 valence electrons. The number of aromatic nitrogens is 6. The van der Waals surface area contributed by atoms with Crippen LogP contribution in [0.4, 0.5) is 70.7 Å². The standard InChI is InChI=1S/C14H14F3N3O2S.C13H12F3N3O2S.C11H5F6N3O2S/c1-2-3-4-11-19-20-13(22-11)18-12(21)9-5-7-10(8-6-9)23-14(15,16)17;1-7(2)11-18-19-12(21-11)17-10(20)8-3-5-9(6-4-8)22-13(14,15)16;12-10(13,14)8-19-20-9(22-8)18-7(21)5-1-3-6(4-2-5)23-11(15,16)17/h5-8H,2-4H2,1H3,(H,18,20,21);3-7H,1-2H3,(H,17,19,20);1-4H,(H,18,20,21). The van der Waals surface area contributed by atoms with Crippen LogP contribution in [-0.4, -0.2) is 64.8 Å². The molecule has 0 unspecified atom stereocenters. The van der Waals surface area contributed by atoms with Crippen molar-refractivity contribution in [3.05, 3.63) is 107 Å². The van der Waals surface area contributed by atoms with E-state index in [0.29, 0.717) is 18.2 Å². The zero-order valence-corrected chi connectivity index (χ0v) is 37.0. The fraction of sp³-hybridized carbons (Fsp3) is 0.289. The predicted molar refractivity (Wildman–Crippen MR) is 220 cm³/mol. The molecule has 0 saturated carbocycles. The number of carbonyl (C=O) groups excluding carboxylic acids is 3. The lowest BCUT2D eigenvalue weighted by atomic mass is 10.2. The summed E-state index contributed by atoms with van der Waals surface area (Å²) in [6, 6.07) is 13.5. The smallest absolute Gasteiger partial charge is 0.408 e. The van der Waals surface area contributed by atoms with Crippen LogP contribution in [0.15, 0.2) is 101 Å². The molecular formula is C38H31F12N9O6S3. The van der Waals surface area contributed by atoms with E-state index in [4.69, 9.17) is 8.83 Å². The van der Waals surface area contributed by atoms with Crippen molar-refractivity contribution in [2.75, 3.05) is 16.0 Å². The van der Waals surface area contributed by atoms with E-state index in [9.17, 15) is 67.1 Å². The molecule has 3 N–H and O–H groups in total. The molecule has 0 saturated heterocycles. The lowest BCUT2D eigenvalue weighted by Crippen LogP contribution is -2.12. The number of anilines is 3. The molecule has 0 bridgehead atoms. The van der Waals surface area contributed by atoms with Gasteiger partial charge in [-0.05, 0) is 115 Å². The van der Waals surface area contributed by atoms with Gasteiger partial charge in [0.2, 0.25) is 11.8 Å². The molecule has 6 rings (SSSR count). The summed E-state index contributed by atoms with van der Waals surface area (Å²) in [6.45, 7) is 5.74. The van der Waals surface area contributed by atoms with Gasteiger partial charge in [-0.2, -0.15) is 52.7 Å². The summed E-state index contributed by atoms with van der Waals surface area (Å²) in [6.07, 6.45) is -2.35. The van der Waals surface area contributed by atoms with Gasteiger partial charge >= 0.3 is 46.6 Å². The number of hydrogen-bond acceptors (Lipinski definition) is 15. The molecule has 0 atom stereocenters. The molecule has 30 heteroatoms. The number of nitrogens with one attached hydrogen (secondary N) is 3. The van der Waals surface area contributed by atoms with Gasteiger partial charge in [-0.25, -0.2) is 0 Å². The van der Waals surface area contributed by atoms with Crippen LogP contribution < -0.4 is 16.0 Å². The summed E-state index contributed by atoms with van der Waals surface area (Å²) in [4.78, 5) is 35.5. The number of aryl methyl sites for hydroxylation is 1. The van der Waals surface area contributed by atoms with E-state index < -0.39 is 52.3 Å². The Bertz CT molecular complexity index is 2570. The van der Waals surface area contributed by atoms with Crippen molar-refractivity contribution in [3.63, 3.8) is 0 Å². The Morgan fingerprint density at radius 1 is 0.515 bits per heavy atom. The minimum atomic E-state index is -4.85. The van der Waals surface area contributed by atoms with Crippen molar-refractivity contribution in [1.82, 2.24) is 30.6 Å². The van der Waals surface area contributed by atoms with Gasteiger partial charge in [-0.3, -0.25) is 30.3 Å². The van der Waals surface area contributed by atoms with Crippen molar-refractivity contribution >= 4 is 71.1 Å². The second kappa shape index (κ2) is 23.6. The molecule has 0 fully saturated rings. The molecule has 15 nitrogen and oxygen atoms in total. The number of hydrogen-bond donors (Lipinski definition) is 3. The Balaban J connectivity index is 0.000000222. The van der Waals surface area contributed by atoms with Gasteiger partial charge in [0.05, 0.1) is 0 Å². The van der Waals surface area contributed by atoms with Crippen LogP contribution in [0.2, 0.25) is 0 Å². The van der Waals surface area contributed by atoms with Gasteiger partial charge < -0.3 is 13.3 Å². The third-order valence-electron chi connectivity index (χ3n) is 7.52. The van der Waals surface area contributed by atoms with Crippen molar-refractivity contribution < 1.29 is 80.3 Å². The number of alkyl halides is 12. The molecular weight excluding hydrogens is 1000 g/mol. The number of carbonyl (C=O) groups is 3. The highest BCUT2D eigenvalue weighted by Crippen LogP contribution is 2.39. The van der Waals surface area contributed by atoms with Crippen molar-refractivity contribution in [2.45, 2.75) is 83.3 Å². The van der Waals surface area contributed by atoms with E-state index in [1.165, 1.54) is 48.5 Å². The Labute approximate surface area is 387 Å². The Kier molecular flexibility index (Phi) is 18.9. The zero-order valence-electron chi connectivity index (χ0n) is 34.5. The van der Waals surface area contributed by atoms with E-state index in [1.807, 2.05) is 26.1 Å². The van der Waals surface area contributed by atoms with Crippen molar-refractivity contribution in [3.8, 4) is 0 Å². The molecule has 3 aromatic heterocycles. The number of rotatable bonds is 13. The number of amides is 3. The van der Waals surface area contributed by atoms with E-state index in [0.717, 1.165) is 37.1 Å². The number of thioether (sulfide) groups is 3. The Morgan fingerprint density at radius 2 is 0.868 bits per heavy atom. The Hall–Kier alpha value is -6.30. The first-order valence-corrected chi connectivity index (χ1v) is 21.2. The summed E-state index contributed by atoms with van der Waals surface area (Å²) in [5.74, 6) is -2.78. The second-order valence-corrected chi connectivity index (χ2v) is 16.6. The monoisotopic (exact) mass is 1030 g/mol. The number of nitrogens with zero attached hydrogens (tertiary/aromatic N) is 6. The highest BCUT2D eigenvalue weighted by atomic mass is 32.2. The first-order chi connectivity index (χ1) is 31.7. The van der Waals surface area contributed by atoms with E-state index in [2.05, 4.69) is 45.6 Å². The first kappa shape index (κ1) is 54.3. The highest BCUT2D eigenvalue weighted by molar-refractivity contribution is 8.00. The maximum Gasteiger partial charge on any atom is 0.470 e. The molecule has 0 aliphatic heterocycles. The molecule has 3 heterocycles. The molecule has 68 heavy (non-hydrogen) atoms. The van der Waals surface area contributed by atoms with Gasteiger partial charge in [0, 0.05) is 43.7 Å². The van der Waals surface area contributed by atoms with Crippen LogP contribution in [-0.2, 0) is 12.6 Å². The van der Waals surface area contributed by atoms with E-state index >= 15 is 0 Å². The summed E-state index contributed by atoms with van der Waals surface area (Å²) in [5.41, 5.74) is -12.9. The van der Waals surface area contributed by atoms with Gasteiger partial charge in [-0.1, -0.05) is 42.5 Å². The number of unbranched alkanes of at least 4 members (excludes halogenated alkanes) is 1. The SMILES string of the molecule is CC(C)c1nnc(NC(=O)c2ccc(SC(F)(F)F)cc2)o1.CCCCc1nnc(NC(=O)c2ccc(SC(F)(F)F)cc2)o1.O=C(Nc1nnc(C(F)(F)F)o1)c1ccc(SC(F)(F)F)cc1. The molecule has 0 spiro atoms. The summed E-state index contributed by atoms with van der Waals surface area (Å²) >= 11 is -0.844. The number of halogens is 12.